The summed E-state index contributed by atoms with van der Waals surface area (Å²) in [5.41, 5.74) is 0.524. The van der Waals surface area contributed by atoms with Crippen LogP contribution in [0.2, 0.25) is 5.02 Å². The summed E-state index contributed by atoms with van der Waals surface area (Å²) in [6.45, 7) is 8.00. The number of hydrogen-bond acceptors (Lipinski definition) is 4. The molecule has 0 aliphatic carbocycles. The van der Waals surface area contributed by atoms with Gasteiger partial charge in [0, 0.05) is 26.2 Å². The Kier molecular flexibility index (Phi) is 3.33. The molecule has 0 amide bonds. The van der Waals surface area contributed by atoms with Gasteiger partial charge in [0.05, 0.1) is 18.4 Å². The van der Waals surface area contributed by atoms with E-state index in [4.69, 9.17) is 11.6 Å². The molecule has 2 atom stereocenters. The molecule has 1 N–H and O–H groups in total. The van der Waals surface area contributed by atoms with Crippen LogP contribution in [-0.4, -0.2) is 36.0 Å². The van der Waals surface area contributed by atoms with E-state index in [-0.39, 0.29) is 10.6 Å². The minimum Gasteiger partial charge on any atom is -0.368 e. The van der Waals surface area contributed by atoms with E-state index in [0.717, 1.165) is 31.9 Å². The molecule has 2 aliphatic heterocycles. The van der Waals surface area contributed by atoms with Crippen molar-refractivity contribution in [3.05, 3.63) is 34.2 Å². The molecule has 5 nitrogen and oxygen atoms in total. The van der Waals surface area contributed by atoms with E-state index in [9.17, 15) is 4.79 Å². The van der Waals surface area contributed by atoms with Crippen LogP contribution in [-0.2, 0) is 6.54 Å². The van der Waals surface area contributed by atoms with Gasteiger partial charge in [-0.05, 0) is 11.8 Å². The summed E-state index contributed by atoms with van der Waals surface area (Å²) >= 11 is 6.21. The van der Waals surface area contributed by atoms with Gasteiger partial charge in [-0.3, -0.25) is 4.79 Å². The van der Waals surface area contributed by atoms with Crippen LogP contribution >= 0.6 is 11.6 Å². The fourth-order valence-electron chi connectivity index (χ4n) is 2.98. The van der Waals surface area contributed by atoms with Crippen molar-refractivity contribution in [3.8, 4) is 0 Å². The number of rotatable bonds is 3. The Morgan fingerprint density at radius 2 is 2.16 bits per heavy atom. The first-order valence-corrected chi connectivity index (χ1v) is 6.90. The van der Waals surface area contributed by atoms with Gasteiger partial charge in [0.2, 0.25) is 0 Å². The third kappa shape index (κ3) is 2.17. The number of anilines is 1. The predicted octanol–water partition coefficient (Wildman–Crippen LogP) is 0.738. The Morgan fingerprint density at radius 1 is 1.47 bits per heavy atom. The van der Waals surface area contributed by atoms with Gasteiger partial charge in [-0.1, -0.05) is 17.7 Å². The minimum atomic E-state index is -0.241. The SMILES string of the molecule is C=CCn1ncc(N2C[C@H]3CNC[C@H]3C2)c(Cl)c1=O. The number of aromatic nitrogens is 2. The molecule has 0 bridgehead atoms. The number of nitrogens with zero attached hydrogens (tertiary/aromatic N) is 3. The molecule has 0 spiro atoms. The first-order chi connectivity index (χ1) is 9.20. The van der Waals surface area contributed by atoms with E-state index in [1.807, 2.05) is 0 Å². The normalized spacial score (nSPS) is 25.6. The largest absolute Gasteiger partial charge is 0.368 e. The maximum absolute atomic E-state index is 12.1. The summed E-state index contributed by atoms with van der Waals surface area (Å²) in [6, 6.07) is 0. The molecule has 102 valence electrons. The standard InChI is InChI=1S/C13H17ClN4O/c1-2-3-18-13(19)12(14)11(6-16-18)17-7-9-4-15-5-10(9)8-17/h2,6,9-10,15H,1,3-5,7-8H2/t9-,10+. The Bertz CT molecular complexity index is 544. The van der Waals surface area contributed by atoms with E-state index in [1.165, 1.54) is 4.68 Å². The Morgan fingerprint density at radius 3 is 2.79 bits per heavy atom. The molecule has 0 saturated carbocycles. The Labute approximate surface area is 116 Å². The molecule has 0 unspecified atom stereocenters. The molecule has 2 aliphatic rings. The zero-order chi connectivity index (χ0) is 13.4. The van der Waals surface area contributed by atoms with Crippen LogP contribution in [0.5, 0.6) is 0 Å². The quantitative estimate of drug-likeness (QED) is 0.830. The first kappa shape index (κ1) is 12.7. The lowest BCUT2D eigenvalue weighted by Crippen LogP contribution is -2.30. The molecule has 2 saturated heterocycles. The summed E-state index contributed by atoms with van der Waals surface area (Å²) < 4.78 is 1.33. The molecule has 3 rings (SSSR count). The van der Waals surface area contributed by atoms with Crippen molar-refractivity contribution < 1.29 is 0 Å². The van der Waals surface area contributed by atoms with Crippen molar-refractivity contribution >= 4 is 17.3 Å². The lowest BCUT2D eigenvalue weighted by atomic mass is 10.0. The van der Waals surface area contributed by atoms with Crippen LogP contribution in [0.25, 0.3) is 0 Å². The van der Waals surface area contributed by atoms with Gasteiger partial charge in [0.1, 0.15) is 5.02 Å². The number of nitrogens with one attached hydrogen (secondary N) is 1. The first-order valence-electron chi connectivity index (χ1n) is 6.53. The topological polar surface area (TPSA) is 50.2 Å². The smallest absolute Gasteiger partial charge is 0.287 e. The number of halogens is 1. The highest BCUT2D eigenvalue weighted by Gasteiger charge is 2.37. The average molecular weight is 281 g/mol. The molecule has 2 fully saturated rings. The van der Waals surface area contributed by atoms with Crippen molar-refractivity contribution in [1.29, 1.82) is 0 Å². The highest BCUT2D eigenvalue weighted by atomic mass is 35.5. The predicted molar refractivity (Wildman–Crippen MR) is 75.8 cm³/mol. The van der Waals surface area contributed by atoms with Crippen LogP contribution in [0.4, 0.5) is 5.69 Å². The molecule has 0 radical (unpaired) electrons. The number of allylic oxidation sites excluding steroid dienone is 1. The van der Waals surface area contributed by atoms with Crippen LogP contribution in [0.3, 0.4) is 0 Å². The van der Waals surface area contributed by atoms with E-state index in [2.05, 4.69) is 21.9 Å². The molecule has 0 aromatic carbocycles. The van der Waals surface area contributed by atoms with Crippen molar-refractivity contribution in [2.24, 2.45) is 11.8 Å². The Hall–Kier alpha value is -1.33. The second kappa shape index (κ2) is 4.98. The summed E-state index contributed by atoms with van der Waals surface area (Å²) in [6.07, 6.45) is 3.33. The monoisotopic (exact) mass is 280 g/mol. The van der Waals surface area contributed by atoms with E-state index in [0.29, 0.717) is 18.4 Å². The Balaban J connectivity index is 1.88. The average Bonchev–Trinajstić information content (AvgIpc) is 2.96. The summed E-state index contributed by atoms with van der Waals surface area (Å²) in [5, 5.41) is 7.82. The highest BCUT2D eigenvalue weighted by molar-refractivity contribution is 6.33. The van der Waals surface area contributed by atoms with Gasteiger partial charge in [-0.2, -0.15) is 5.10 Å². The second-order valence-electron chi connectivity index (χ2n) is 5.20. The summed E-state index contributed by atoms with van der Waals surface area (Å²) in [4.78, 5) is 14.3. The maximum atomic E-state index is 12.1. The van der Waals surface area contributed by atoms with Crippen molar-refractivity contribution in [2.75, 3.05) is 31.1 Å². The fraction of sp³-hybridized carbons (Fsp3) is 0.538. The number of fused-ring (bicyclic) bond motifs is 1. The maximum Gasteiger partial charge on any atom is 0.287 e. The zero-order valence-electron chi connectivity index (χ0n) is 10.7. The zero-order valence-corrected chi connectivity index (χ0v) is 11.4. The van der Waals surface area contributed by atoms with Gasteiger partial charge < -0.3 is 10.2 Å². The highest BCUT2D eigenvalue weighted by Crippen LogP contribution is 2.32. The third-order valence-electron chi connectivity index (χ3n) is 4.00. The van der Waals surface area contributed by atoms with E-state index >= 15 is 0 Å². The van der Waals surface area contributed by atoms with Crippen LogP contribution in [0.15, 0.2) is 23.6 Å². The molecule has 1 aromatic heterocycles. The molecule has 3 heterocycles. The number of hydrogen-bond donors (Lipinski definition) is 1. The summed E-state index contributed by atoms with van der Waals surface area (Å²) in [5.74, 6) is 1.32. The van der Waals surface area contributed by atoms with Crippen LogP contribution in [0, 0.1) is 11.8 Å². The van der Waals surface area contributed by atoms with Gasteiger partial charge in [0.25, 0.3) is 5.56 Å². The van der Waals surface area contributed by atoms with Gasteiger partial charge in [-0.25, -0.2) is 4.68 Å². The van der Waals surface area contributed by atoms with Gasteiger partial charge in [0.15, 0.2) is 0 Å². The van der Waals surface area contributed by atoms with Crippen molar-refractivity contribution in [3.63, 3.8) is 0 Å². The minimum absolute atomic E-state index is 0.241. The van der Waals surface area contributed by atoms with Crippen molar-refractivity contribution in [2.45, 2.75) is 6.54 Å². The molecular weight excluding hydrogens is 264 g/mol. The van der Waals surface area contributed by atoms with Gasteiger partial charge >= 0.3 is 0 Å². The van der Waals surface area contributed by atoms with Crippen LogP contribution in [0.1, 0.15) is 0 Å². The second-order valence-corrected chi connectivity index (χ2v) is 5.58. The third-order valence-corrected chi connectivity index (χ3v) is 4.35. The molecule has 1 aromatic rings. The van der Waals surface area contributed by atoms with E-state index in [1.54, 1.807) is 12.3 Å². The molecule has 19 heavy (non-hydrogen) atoms. The molecular formula is C13H17ClN4O. The lowest BCUT2D eigenvalue weighted by molar-refractivity contribution is 0.533. The molecule has 6 heteroatoms. The fourth-order valence-corrected chi connectivity index (χ4v) is 3.25. The lowest BCUT2D eigenvalue weighted by Gasteiger charge is -2.20. The van der Waals surface area contributed by atoms with Gasteiger partial charge in [-0.15, -0.1) is 6.58 Å². The van der Waals surface area contributed by atoms with E-state index < -0.39 is 0 Å². The van der Waals surface area contributed by atoms with Crippen molar-refractivity contribution in [1.82, 2.24) is 15.1 Å². The summed E-state index contributed by atoms with van der Waals surface area (Å²) in [7, 11) is 0. The van der Waals surface area contributed by atoms with Crippen LogP contribution < -0.4 is 15.8 Å².